The van der Waals surface area contributed by atoms with E-state index in [4.69, 9.17) is 4.42 Å². The standard InChI is InChI=1S/C12H9BrN4O2/c1-17-11-8(6-15-17)9(2-4-14-11)16-12(18)7-3-5-19-10(7)13/h2-6H,1H3,(H,14,16,18). The first-order chi connectivity index (χ1) is 9.16. The number of carbonyl (C=O) groups excluding carboxylic acids is 1. The van der Waals surface area contributed by atoms with E-state index >= 15 is 0 Å². The molecule has 0 aromatic carbocycles. The van der Waals surface area contributed by atoms with Gasteiger partial charge in [-0.1, -0.05) is 0 Å². The van der Waals surface area contributed by atoms with Crippen molar-refractivity contribution < 1.29 is 9.21 Å². The van der Waals surface area contributed by atoms with E-state index in [1.165, 1.54) is 6.26 Å². The lowest BCUT2D eigenvalue weighted by Crippen LogP contribution is -2.11. The summed E-state index contributed by atoms with van der Waals surface area (Å²) in [6, 6.07) is 3.33. The van der Waals surface area contributed by atoms with E-state index in [2.05, 4.69) is 31.3 Å². The van der Waals surface area contributed by atoms with Gasteiger partial charge in [0.1, 0.15) is 0 Å². The average Bonchev–Trinajstić information content (AvgIpc) is 2.97. The number of aryl methyl sites for hydroxylation is 1. The summed E-state index contributed by atoms with van der Waals surface area (Å²) in [7, 11) is 1.80. The zero-order valence-corrected chi connectivity index (χ0v) is 11.5. The van der Waals surface area contributed by atoms with Gasteiger partial charge in [0.15, 0.2) is 10.3 Å². The zero-order valence-electron chi connectivity index (χ0n) is 9.92. The summed E-state index contributed by atoms with van der Waals surface area (Å²) in [5.41, 5.74) is 1.81. The Morgan fingerprint density at radius 2 is 2.32 bits per heavy atom. The maximum absolute atomic E-state index is 12.1. The Balaban J connectivity index is 1.98. The number of nitrogens with zero attached hydrogens (tertiary/aromatic N) is 3. The van der Waals surface area contributed by atoms with Gasteiger partial charge in [-0.25, -0.2) is 4.98 Å². The van der Waals surface area contributed by atoms with Gasteiger partial charge in [0.2, 0.25) is 0 Å². The van der Waals surface area contributed by atoms with Gasteiger partial charge >= 0.3 is 0 Å². The molecule has 0 saturated carbocycles. The van der Waals surface area contributed by atoms with Gasteiger partial charge in [0, 0.05) is 13.2 Å². The van der Waals surface area contributed by atoms with E-state index in [-0.39, 0.29) is 5.91 Å². The predicted molar refractivity (Wildman–Crippen MR) is 72.9 cm³/mol. The van der Waals surface area contributed by atoms with Gasteiger partial charge < -0.3 is 9.73 Å². The number of nitrogens with one attached hydrogen (secondary N) is 1. The van der Waals surface area contributed by atoms with Crippen molar-refractivity contribution in [2.45, 2.75) is 0 Å². The summed E-state index contributed by atoms with van der Waals surface area (Å²) in [5, 5.41) is 7.73. The number of carbonyl (C=O) groups is 1. The van der Waals surface area contributed by atoms with Crippen molar-refractivity contribution in [1.82, 2.24) is 14.8 Å². The number of hydrogen-bond acceptors (Lipinski definition) is 4. The van der Waals surface area contributed by atoms with Gasteiger partial charge in [-0.3, -0.25) is 9.48 Å². The summed E-state index contributed by atoms with van der Waals surface area (Å²) < 4.78 is 7.10. The summed E-state index contributed by atoms with van der Waals surface area (Å²) in [6.45, 7) is 0. The molecule has 0 fully saturated rings. The molecule has 0 aliphatic rings. The summed E-state index contributed by atoms with van der Waals surface area (Å²) in [5.74, 6) is -0.253. The monoisotopic (exact) mass is 320 g/mol. The Morgan fingerprint density at radius 3 is 3.05 bits per heavy atom. The van der Waals surface area contributed by atoms with Crippen molar-refractivity contribution in [3.05, 3.63) is 41.0 Å². The number of halogens is 1. The van der Waals surface area contributed by atoms with Crippen LogP contribution >= 0.6 is 15.9 Å². The second-order valence-corrected chi connectivity index (χ2v) is 4.65. The van der Waals surface area contributed by atoms with E-state index in [0.29, 0.717) is 21.6 Å². The van der Waals surface area contributed by atoms with Gasteiger partial charge in [0.25, 0.3) is 5.91 Å². The molecule has 3 aromatic heterocycles. The number of furan rings is 1. The van der Waals surface area contributed by atoms with Crippen LogP contribution in [0.25, 0.3) is 11.0 Å². The van der Waals surface area contributed by atoms with E-state index < -0.39 is 0 Å². The second kappa shape index (κ2) is 4.51. The third-order valence-corrected chi connectivity index (χ3v) is 3.36. The molecule has 0 atom stereocenters. The highest BCUT2D eigenvalue weighted by Gasteiger charge is 2.15. The van der Waals surface area contributed by atoms with Gasteiger partial charge in [0.05, 0.1) is 29.1 Å². The topological polar surface area (TPSA) is 73.0 Å². The fourth-order valence-corrected chi connectivity index (χ4v) is 2.22. The first kappa shape index (κ1) is 11.9. The summed E-state index contributed by atoms with van der Waals surface area (Å²) in [4.78, 5) is 16.3. The number of pyridine rings is 1. The molecule has 0 bridgehead atoms. The van der Waals surface area contributed by atoms with E-state index in [1.54, 1.807) is 36.3 Å². The minimum Gasteiger partial charge on any atom is -0.457 e. The molecule has 0 saturated heterocycles. The number of anilines is 1. The highest BCUT2D eigenvalue weighted by atomic mass is 79.9. The van der Waals surface area contributed by atoms with Gasteiger partial charge in [-0.05, 0) is 28.1 Å². The first-order valence-electron chi connectivity index (χ1n) is 5.48. The number of fused-ring (bicyclic) bond motifs is 1. The Labute approximate surface area is 116 Å². The quantitative estimate of drug-likeness (QED) is 0.787. The van der Waals surface area contributed by atoms with Crippen molar-refractivity contribution in [3.8, 4) is 0 Å². The molecule has 3 rings (SSSR count). The Morgan fingerprint density at radius 1 is 1.47 bits per heavy atom. The maximum atomic E-state index is 12.1. The molecule has 0 spiro atoms. The molecule has 0 aliphatic heterocycles. The fourth-order valence-electron chi connectivity index (χ4n) is 1.80. The highest BCUT2D eigenvalue weighted by molar-refractivity contribution is 9.10. The number of hydrogen-bond donors (Lipinski definition) is 1. The minimum absolute atomic E-state index is 0.253. The number of aromatic nitrogens is 3. The fraction of sp³-hybridized carbons (Fsp3) is 0.0833. The molecule has 3 heterocycles. The molecule has 1 amide bonds. The van der Waals surface area contributed by atoms with Gasteiger partial charge in [-0.2, -0.15) is 5.10 Å². The molecular formula is C12H9BrN4O2. The van der Waals surface area contributed by atoms with Crippen LogP contribution in [0.1, 0.15) is 10.4 Å². The van der Waals surface area contributed by atoms with Crippen LogP contribution in [-0.2, 0) is 7.05 Å². The molecule has 19 heavy (non-hydrogen) atoms. The Kier molecular flexibility index (Phi) is 2.83. The number of amides is 1. The third kappa shape index (κ3) is 2.01. The van der Waals surface area contributed by atoms with Crippen LogP contribution in [0.3, 0.4) is 0 Å². The normalized spacial score (nSPS) is 10.8. The lowest BCUT2D eigenvalue weighted by atomic mass is 10.2. The minimum atomic E-state index is -0.253. The third-order valence-electron chi connectivity index (χ3n) is 2.75. The molecule has 1 N–H and O–H groups in total. The van der Waals surface area contributed by atoms with Crippen molar-refractivity contribution in [2.75, 3.05) is 5.32 Å². The Hall–Kier alpha value is -2.15. The van der Waals surface area contributed by atoms with Crippen LogP contribution in [0.15, 0.2) is 39.9 Å². The van der Waals surface area contributed by atoms with Crippen LogP contribution in [0.5, 0.6) is 0 Å². The maximum Gasteiger partial charge on any atom is 0.260 e. The largest absolute Gasteiger partial charge is 0.457 e. The van der Waals surface area contributed by atoms with Crippen molar-refractivity contribution in [2.24, 2.45) is 7.05 Å². The van der Waals surface area contributed by atoms with E-state index in [0.717, 1.165) is 5.39 Å². The Bertz CT molecular complexity index is 762. The van der Waals surface area contributed by atoms with Crippen LogP contribution in [0.2, 0.25) is 0 Å². The van der Waals surface area contributed by atoms with Crippen molar-refractivity contribution in [1.29, 1.82) is 0 Å². The first-order valence-corrected chi connectivity index (χ1v) is 6.27. The molecule has 0 radical (unpaired) electrons. The summed E-state index contributed by atoms with van der Waals surface area (Å²) >= 11 is 3.18. The zero-order chi connectivity index (χ0) is 13.4. The lowest BCUT2D eigenvalue weighted by Gasteiger charge is -2.05. The molecule has 96 valence electrons. The van der Waals surface area contributed by atoms with E-state index in [9.17, 15) is 4.79 Å². The summed E-state index contributed by atoms with van der Waals surface area (Å²) in [6.07, 6.45) is 4.75. The van der Waals surface area contributed by atoms with Crippen LogP contribution in [0.4, 0.5) is 5.69 Å². The average molecular weight is 321 g/mol. The molecule has 0 unspecified atom stereocenters. The molecule has 0 aliphatic carbocycles. The predicted octanol–water partition coefficient (Wildman–Crippen LogP) is 2.58. The molecular weight excluding hydrogens is 312 g/mol. The van der Waals surface area contributed by atoms with Crippen molar-refractivity contribution in [3.63, 3.8) is 0 Å². The second-order valence-electron chi connectivity index (χ2n) is 3.93. The smallest absolute Gasteiger partial charge is 0.260 e. The SMILES string of the molecule is Cn1ncc2c(NC(=O)c3ccoc3Br)ccnc21. The molecule has 3 aromatic rings. The van der Waals surface area contributed by atoms with Crippen LogP contribution < -0.4 is 5.32 Å². The highest BCUT2D eigenvalue weighted by Crippen LogP contribution is 2.23. The lowest BCUT2D eigenvalue weighted by molar-refractivity contribution is 0.102. The number of rotatable bonds is 2. The van der Waals surface area contributed by atoms with Crippen LogP contribution in [-0.4, -0.2) is 20.7 Å². The van der Waals surface area contributed by atoms with Crippen molar-refractivity contribution >= 4 is 38.6 Å². The molecule has 6 nitrogen and oxygen atoms in total. The van der Waals surface area contributed by atoms with E-state index in [1.807, 2.05) is 0 Å². The van der Waals surface area contributed by atoms with Gasteiger partial charge in [-0.15, -0.1) is 0 Å². The molecule has 7 heteroatoms. The van der Waals surface area contributed by atoms with Crippen LogP contribution in [0, 0.1) is 0 Å².